The predicted molar refractivity (Wildman–Crippen MR) is 84.1 cm³/mol. The number of aromatic amines is 1. The highest BCUT2D eigenvalue weighted by Gasteiger charge is 2.31. The summed E-state index contributed by atoms with van der Waals surface area (Å²) in [7, 11) is 0. The van der Waals surface area contributed by atoms with Gasteiger partial charge in [-0.2, -0.15) is 5.10 Å². The highest BCUT2D eigenvalue weighted by Crippen LogP contribution is 2.17. The Kier molecular flexibility index (Phi) is 4.66. The van der Waals surface area contributed by atoms with Crippen molar-refractivity contribution < 1.29 is 14.3 Å². The smallest absolute Gasteiger partial charge is 0.274 e. The van der Waals surface area contributed by atoms with Crippen LogP contribution in [-0.2, 0) is 9.53 Å². The Labute approximate surface area is 135 Å². The van der Waals surface area contributed by atoms with Crippen LogP contribution < -0.4 is 5.32 Å². The number of carbonyl (C=O) groups is 2. The molecule has 1 aromatic rings. The van der Waals surface area contributed by atoms with Crippen molar-refractivity contribution in [1.82, 2.24) is 20.4 Å². The number of rotatable bonds is 4. The minimum absolute atomic E-state index is 0.000777. The van der Waals surface area contributed by atoms with Crippen molar-refractivity contribution in [2.45, 2.75) is 51.2 Å². The van der Waals surface area contributed by atoms with Gasteiger partial charge in [-0.05, 0) is 31.2 Å². The van der Waals surface area contributed by atoms with Crippen molar-refractivity contribution in [2.24, 2.45) is 0 Å². The van der Waals surface area contributed by atoms with Gasteiger partial charge in [0, 0.05) is 31.4 Å². The van der Waals surface area contributed by atoms with Crippen LogP contribution in [0.1, 0.15) is 55.2 Å². The Balaban J connectivity index is 1.54. The molecule has 0 spiro atoms. The second-order valence-electron chi connectivity index (χ2n) is 6.61. The fraction of sp³-hybridized carbons (Fsp3) is 0.688. The summed E-state index contributed by atoms with van der Waals surface area (Å²) in [5.41, 5.74) is 1.40. The lowest BCUT2D eigenvalue weighted by Crippen LogP contribution is -2.43. The van der Waals surface area contributed by atoms with E-state index >= 15 is 0 Å². The SMILES string of the molecule is CC(C)c1cc(C(=O)N2CCC(NC(=O)C3CCCO3)C2)n[nH]1. The van der Waals surface area contributed by atoms with Gasteiger partial charge in [0.15, 0.2) is 0 Å². The first kappa shape index (κ1) is 16.0. The number of carbonyl (C=O) groups excluding carboxylic acids is 2. The van der Waals surface area contributed by atoms with Crippen LogP contribution in [0.4, 0.5) is 0 Å². The summed E-state index contributed by atoms with van der Waals surface area (Å²) >= 11 is 0. The van der Waals surface area contributed by atoms with E-state index in [0.29, 0.717) is 31.3 Å². The van der Waals surface area contributed by atoms with E-state index in [0.717, 1.165) is 25.0 Å². The molecule has 7 nitrogen and oxygen atoms in total. The second-order valence-corrected chi connectivity index (χ2v) is 6.61. The zero-order valence-corrected chi connectivity index (χ0v) is 13.7. The Morgan fingerprint density at radius 2 is 2.26 bits per heavy atom. The topological polar surface area (TPSA) is 87.3 Å². The first-order chi connectivity index (χ1) is 11.0. The molecule has 2 fully saturated rings. The van der Waals surface area contributed by atoms with Crippen molar-refractivity contribution in [2.75, 3.05) is 19.7 Å². The van der Waals surface area contributed by atoms with Crippen LogP contribution in [0.5, 0.6) is 0 Å². The van der Waals surface area contributed by atoms with Crippen molar-refractivity contribution in [3.63, 3.8) is 0 Å². The van der Waals surface area contributed by atoms with Crippen LogP contribution in [0.2, 0.25) is 0 Å². The number of likely N-dealkylation sites (tertiary alicyclic amines) is 1. The number of hydrogen-bond donors (Lipinski definition) is 2. The summed E-state index contributed by atoms with van der Waals surface area (Å²) in [4.78, 5) is 26.3. The summed E-state index contributed by atoms with van der Waals surface area (Å²) in [5.74, 6) is 0.173. The number of nitrogens with zero attached hydrogens (tertiary/aromatic N) is 2. The number of nitrogens with one attached hydrogen (secondary N) is 2. The molecular weight excluding hydrogens is 296 g/mol. The second kappa shape index (κ2) is 6.70. The molecular formula is C16H24N4O3. The molecule has 0 aromatic carbocycles. The van der Waals surface area contributed by atoms with Gasteiger partial charge in [-0.1, -0.05) is 13.8 Å². The van der Waals surface area contributed by atoms with Crippen molar-refractivity contribution >= 4 is 11.8 Å². The molecule has 3 heterocycles. The van der Waals surface area contributed by atoms with E-state index in [4.69, 9.17) is 4.74 Å². The largest absolute Gasteiger partial charge is 0.368 e. The minimum Gasteiger partial charge on any atom is -0.368 e. The third kappa shape index (κ3) is 3.55. The number of H-pyrrole nitrogens is 1. The maximum Gasteiger partial charge on any atom is 0.274 e. The van der Waals surface area contributed by atoms with E-state index in [1.54, 1.807) is 4.90 Å². The molecule has 1 aromatic heterocycles. The van der Waals surface area contributed by atoms with Crippen LogP contribution in [0.15, 0.2) is 6.07 Å². The van der Waals surface area contributed by atoms with Gasteiger partial charge in [0.25, 0.3) is 5.91 Å². The molecule has 3 rings (SSSR count). The van der Waals surface area contributed by atoms with E-state index in [9.17, 15) is 9.59 Å². The van der Waals surface area contributed by atoms with E-state index in [2.05, 4.69) is 15.5 Å². The molecule has 126 valence electrons. The summed E-state index contributed by atoms with van der Waals surface area (Å²) in [6.07, 6.45) is 2.17. The van der Waals surface area contributed by atoms with Gasteiger partial charge in [0.1, 0.15) is 11.8 Å². The Morgan fingerprint density at radius 3 is 2.91 bits per heavy atom. The van der Waals surface area contributed by atoms with Crippen molar-refractivity contribution in [3.8, 4) is 0 Å². The molecule has 0 radical (unpaired) electrons. The Bertz CT molecular complexity index is 578. The van der Waals surface area contributed by atoms with Gasteiger partial charge in [-0.3, -0.25) is 14.7 Å². The Hall–Kier alpha value is -1.89. The first-order valence-corrected chi connectivity index (χ1v) is 8.31. The van der Waals surface area contributed by atoms with Gasteiger partial charge in [-0.25, -0.2) is 0 Å². The monoisotopic (exact) mass is 320 g/mol. The summed E-state index contributed by atoms with van der Waals surface area (Å²) in [6, 6.07) is 1.81. The molecule has 23 heavy (non-hydrogen) atoms. The summed E-state index contributed by atoms with van der Waals surface area (Å²) in [5, 5.41) is 10.0. The van der Waals surface area contributed by atoms with Crippen LogP contribution in [0.25, 0.3) is 0 Å². The maximum atomic E-state index is 12.5. The van der Waals surface area contributed by atoms with E-state index in [1.165, 1.54) is 0 Å². The minimum atomic E-state index is -0.320. The van der Waals surface area contributed by atoms with Gasteiger partial charge in [-0.15, -0.1) is 0 Å². The first-order valence-electron chi connectivity index (χ1n) is 8.31. The van der Waals surface area contributed by atoms with Crippen LogP contribution in [-0.4, -0.2) is 58.8 Å². The number of ether oxygens (including phenoxy) is 1. The molecule has 2 aliphatic heterocycles. The zero-order chi connectivity index (χ0) is 16.4. The molecule has 0 bridgehead atoms. The fourth-order valence-corrected chi connectivity index (χ4v) is 3.05. The third-order valence-electron chi connectivity index (χ3n) is 4.48. The predicted octanol–water partition coefficient (Wildman–Crippen LogP) is 1.04. The van der Waals surface area contributed by atoms with Gasteiger partial charge >= 0.3 is 0 Å². The third-order valence-corrected chi connectivity index (χ3v) is 4.48. The molecule has 2 aliphatic rings. The van der Waals surface area contributed by atoms with Crippen molar-refractivity contribution in [1.29, 1.82) is 0 Å². The van der Waals surface area contributed by atoms with Crippen LogP contribution >= 0.6 is 0 Å². The molecule has 2 saturated heterocycles. The lowest BCUT2D eigenvalue weighted by molar-refractivity contribution is -0.130. The molecule has 2 unspecified atom stereocenters. The summed E-state index contributed by atoms with van der Waals surface area (Å²) < 4.78 is 5.39. The highest BCUT2D eigenvalue weighted by molar-refractivity contribution is 5.92. The maximum absolute atomic E-state index is 12.5. The molecule has 2 amide bonds. The molecule has 0 aliphatic carbocycles. The average molecular weight is 320 g/mol. The highest BCUT2D eigenvalue weighted by atomic mass is 16.5. The molecule has 2 atom stereocenters. The van der Waals surface area contributed by atoms with Crippen LogP contribution in [0, 0.1) is 0 Å². The lowest BCUT2D eigenvalue weighted by atomic mass is 10.1. The molecule has 2 N–H and O–H groups in total. The summed E-state index contributed by atoms with van der Waals surface area (Å²) in [6.45, 7) is 5.92. The van der Waals surface area contributed by atoms with E-state index < -0.39 is 0 Å². The van der Waals surface area contributed by atoms with E-state index in [1.807, 2.05) is 19.9 Å². The number of aromatic nitrogens is 2. The standard InChI is InChI=1S/C16H24N4O3/c1-10(2)12-8-13(19-18-12)16(22)20-6-5-11(9-20)17-15(21)14-4-3-7-23-14/h8,10-11,14H,3-7,9H2,1-2H3,(H,17,21)(H,18,19). The Morgan fingerprint density at radius 1 is 1.43 bits per heavy atom. The van der Waals surface area contributed by atoms with Crippen LogP contribution in [0.3, 0.4) is 0 Å². The van der Waals surface area contributed by atoms with Gasteiger partial charge in [0.05, 0.1) is 0 Å². The molecule has 0 saturated carbocycles. The number of hydrogen-bond acceptors (Lipinski definition) is 4. The van der Waals surface area contributed by atoms with Gasteiger partial charge < -0.3 is 15.0 Å². The fourth-order valence-electron chi connectivity index (χ4n) is 3.05. The van der Waals surface area contributed by atoms with Crippen molar-refractivity contribution in [3.05, 3.63) is 17.5 Å². The lowest BCUT2D eigenvalue weighted by Gasteiger charge is -2.17. The van der Waals surface area contributed by atoms with E-state index in [-0.39, 0.29) is 24.0 Å². The average Bonchev–Trinajstić information content (AvgIpc) is 3.27. The van der Waals surface area contributed by atoms with Gasteiger partial charge in [0.2, 0.25) is 5.91 Å². The normalized spacial score (nSPS) is 24.4. The zero-order valence-electron chi connectivity index (χ0n) is 13.7. The number of amides is 2. The molecule has 7 heteroatoms. The quantitative estimate of drug-likeness (QED) is 0.868.